The van der Waals surface area contributed by atoms with E-state index in [1.807, 2.05) is 17.6 Å². The maximum Gasteiger partial charge on any atom is 0.341 e. The molecule has 0 radical (unpaired) electrons. The minimum atomic E-state index is -1.15. The van der Waals surface area contributed by atoms with Gasteiger partial charge in [-0.25, -0.2) is 4.79 Å². The lowest BCUT2D eigenvalue weighted by atomic mass is 10.1. The highest BCUT2D eigenvalue weighted by Gasteiger charge is 2.27. The van der Waals surface area contributed by atoms with Gasteiger partial charge in [-0.05, 0) is 31.4 Å². The molecule has 0 spiro atoms. The maximum absolute atomic E-state index is 12.1. The normalized spacial score (nSPS) is 14.9. The van der Waals surface area contributed by atoms with Crippen molar-refractivity contribution in [1.29, 1.82) is 0 Å². The molecule has 1 saturated carbocycles. The van der Waals surface area contributed by atoms with Gasteiger partial charge in [0.1, 0.15) is 5.56 Å². The highest BCUT2D eigenvalue weighted by Crippen LogP contribution is 2.37. The third-order valence-electron chi connectivity index (χ3n) is 3.42. The molecule has 3 rings (SSSR count). The van der Waals surface area contributed by atoms with E-state index in [9.17, 15) is 9.59 Å². The molecule has 2 aromatic rings. The zero-order valence-electron chi connectivity index (χ0n) is 10.0. The van der Waals surface area contributed by atoms with E-state index in [1.54, 1.807) is 12.1 Å². The summed E-state index contributed by atoms with van der Waals surface area (Å²) in [4.78, 5) is 23.3. The van der Waals surface area contributed by atoms with Crippen LogP contribution < -0.4 is 5.43 Å². The molecule has 4 nitrogen and oxygen atoms in total. The fraction of sp³-hybridized carbons (Fsp3) is 0.286. The first-order chi connectivity index (χ1) is 8.59. The van der Waals surface area contributed by atoms with Crippen molar-refractivity contribution >= 4 is 16.9 Å². The van der Waals surface area contributed by atoms with Gasteiger partial charge < -0.3 is 9.67 Å². The number of benzene rings is 1. The number of aromatic carboxylic acids is 1. The number of aryl methyl sites for hydroxylation is 1. The molecule has 92 valence electrons. The number of hydrogen-bond acceptors (Lipinski definition) is 2. The SMILES string of the molecule is Cc1cccc2c(=O)c(C(=O)O)cn(C3CC3)c12. The van der Waals surface area contributed by atoms with E-state index >= 15 is 0 Å². The summed E-state index contributed by atoms with van der Waals surface area (Å²) in [5.74, 6) is -1.15. The third-order valence-corrected chi connectivity index (χ3v) is 3.42. The molecule has 1 aliphatic carbocycles. The van der Waals surface area contributed by atoms with Crippen LogP contribution in [0.2, 0.25) is 0 Å². The van der Waals surface area contributed by atoms with Gasteiger partial charge in [0.2, 0.25) is 5.43 Å². The second-order valence-electron chi connectivity index (χ2n) is 4.79. The third kappa shape index (κ3) is 1.53. The maximum atomic E-state index is 12.1. The zero-order valence-corrected chi connectivity index (χ0v) is 10.0. The van der Waals surface area contributed by atoms with Crippen molar-refractivity contribution in [2.45, 2.75) is 25.8 Å². The number of para-hydroxylation sites is 1. The van der Waals surface area contributed by atoms with Crippen LogP contribution in [0.3, 0.4) is 0 Å². The van der Waals surface area contributed by atoms with Gasteiger partial charge >= 0.3 is 5.97 Å². The molecule has 0 aliphatic heterocycles. The van der Waals surface area contributed by atoms with Gasteiger partial charge in [0, 0.05) is 17.6 Å². The van der Waals surface area contributed by atoms with Crippen LogP contribution in [0.25, 0.3) is 10.9 Å². The summed E-state index contributed by atoms with van der Waals surface area (Å²) in [5, 5.41) is 9.61. The van der Waals surface area contributed by atoms with Crippen LogP contribution in [0, 0.1) is 6.92 Å². The van der Waals surface area contributed by atoms with Crippen molar-refractivity contribution in [2.24, 2.45) is 0 Å². The van der Waals surface area contributed by atoms with Gasteiger partial charge in [-0.1, -0.05) is 12.1 Å². The van der Waals surface area contributed by atoms with Crippen LogP contribution in [-0.2, 0) is 0 Å². The Bertz CT molecular complexity index is 711. The Morgan fingerprint density at radius 2 is 2.11 bits per heavy atom. The summed E-state index contributed by atoms with van der Waals surface area (Å²) in [7, 11) is 0. The lowest BCUT2D eigenvalue weighted by Gasteiger charge is -2.13. The van der Waals surface area contributed by atoms with Gasteiger partial charge in [0.05, 0.1) is 5.52 Å². The van der Waals surface area contributed by atoms with Crippen molar-refractivity contribution in [3.05, 3.63) is 45.7 Å². The van der Waals surface area contributed by atoms with Crippen molar-refractivity contribution < 1.29 is 9.90 Å². The van der Waals surface area contributed by atoms with Crippen LogP contribution in [0.4, 0.5) is 0 Å². The number of carboxylic acid groups (broad SMARTS) is 1. The van der Waals surface area contributed by atoms with Gasteiger partial charge in [-0.3, -0.25) is 4.79 Å². The molecule has 18 heavy (non-hydrogen) atoms. The van der Waals surface area contributed by atoms with Crippen LogP contribution in [-0.4, -0.2) is 15.6 Å². The van der Waals surface area contributed by atoms with Crippen molar-refractivity contribution in [3.63, 3.8) is 0 Å². The van der Waals surface area contributed by atoms with Crippen molar-refractivity contribution in [3.8, 4) is 0 Å². The number of fused-ring (bicyclic) bond motifs is 1. The minimum absolute atomic E-state index is 0.139. The van der Waals surface area contributed by atoms with E-state index in [4.69, 9.17) is 5.11 Å². The largest absolute Gasteiger partial charge is 0.477 e. The molecule has 0 unspecified atom stereocenters. The van der Waals surface area contributed by atoms with E-state index in [0.717, 1.165) is 23.9 Å². The molecule has 0 amide bonds. The molecular weight excluding hydrogens is 230 g/mol. The molecule has 0 atom stereocenters. The zero-order chi connectivity index (χ0) is 12.9. The Hall–Kier alpha value is -2.10. The minimum Gasteiger partial charge on any atom is -0.477 e. The van der Waals surface area contributed by atoms with Crippen molar-refractivity contribution in [1.82, 2.24) is 4.57 Å². The molecule has 1 aromatic heterocycles. The predicted octanol–water partition coefficient (Wildman–Crippen LogP) is 2.34. The molecule has 0 saturated heterocycles. The molecule has 0 bridgehead atoms. The van der Waals surface area contributed by atoms with Gasteiger partial charge in [0.15, 0.2) is 0 Å². The molecule has 1 N–H and O–H groups in total. The number of pyridine rings is 1. The fourth-order valence-corrected chi connectivity index (χ4v) is 2.39. The average Bonchev–Trinajstić information content (AvgIpc) is 3.14. The van der Waals surface area contributed by atoms with Crippen LogP contribution in [0.5, 0.6) is 0 Å². The number of nitrogens with zero attached hydrogens (tertiary/aromatic N) is 1. The lowest BCUT2D eigenvalue weighted by Crippen LogP contribution is -2.19. The molecule has 4 heteroatoms. The molecular formula is C14H13NO3. The average molecular weight is 243 g/mol. The first-order valence-corrected chi connectivity index (χ1v) is 5.97. The van der Waals surface area contributed by atoms with E-state index in [1.165, 1.54) is 6.20 Å². The van der Waals surface area contributed by atoms with Crippen LogP contribution >= 0.6 is 0 Å². The molecule has 1 aromatic carbocycles. The predicted molar refractivity (Wildman–Crippen MR) is 68.2 cm³/mol. The number of carboxylic acids is 1. The summed E-state index contributed by atoms with van der Waals surface area (Å²) >= 11 is 0. The second-order valence-corrected chi connectivity index (χ2v) is 4.79. The first kappa shape index (κ1) is 11.0. The molecule has 1 fully saturated rings. The highest BCUT2D eigenvalue weighted by molar-refractivity contribution is 5.93. The smallest absolute Gasteiger partial charge is 0.341 e. The standard InChI is InChI=1S/C14H13NO3/c1-8-3-2-4-10-12(8)15(9-5-6-9)7-11(13(10)16)14(17)18/h2-4,7,9H,5-6H2,1H3,(H,17,18). The summed E-state index contributed by atoms with van der Waals surface area (Å²) < 4.78 is 1.95. The highest BCUT2D eigenvalue weighted by atomic mass is 16.4. The number of hydrogen-bond donors (Lipinski definition) is 1. The fourth-order valence-electron chi connectivity index (χ4n) is 2.39. The lowest BCUT2D eigenvalue weighted by molar-refractivity contribution is 0.0695. The van der Waals surface area contributed by atoms with Gasteiger partial charge in [-0.15, -0.1) is 0 Å². The van der Waals surface area contributed by atoms with Crippen molar-refractivity contribution in [2.75, 3.05) is 0 Å². The monoisotopic (exact) mass is 243 g/mol. The molecule has 1 aliphatic rings. The summed E-state index contributed by atoms with van der Waals surface area (Å²) in [5.41, 5.74) is 1.35. The van der Waals surface area contributed by atoms with E-state index in [-0.39, 0.29) is 5.56 Å². The molecule has 1 heterocycles. The summed E-state index contributed by atoms with van der Waals surface area (Å²) in [6.07, 6.45) is 3.59. The number of aromatic nitrogens is 1. The van der Waals surface area contributed by atoms with E-state index in [2.05, 4.69) is 0 Å². The Labute approximate surface area is 103 Å². The van der Waals surface area contributed by atoms with Crippen LogP contribution in [0.15, 0.2) is 29.2 Å². The Morgan fingerprint density at radius 1 is 1.39 bits per heavy atom. The summed E-state index contributed by atoms with van der Waals surface area (Å²) in [6.45, 7) is 1.95. The summed E-state index contributed by atoms with van der Waals surface area (Å²) in [6, 6.07) is 5.78. The number of carbonyl (C=O) groups is 1. The second kappa shape index (κ2) is 3.70. The Balaban J connectivity index is 2.47. The first-order valence-electron chi connectivity index (χ1n) is 5.97. The topological polar surface area (TPSA) is 59.3 Å². The Morgan fingerprint density at radius 3 is 2.72 bits per heavy atom. The van der Waals surface area contributed by atoms with Gasteiger partial charge in [-0.2, -0.15) is 0 Å². The number of rotatable bonds is 2. The quantitative estimate of drug-likeness (QED) is 0.880. The van der Waals surface area contributed by atoms with E-state index < -0.39 is 11.4 Å². The Kier molecular flexibility index (Phi) is 2.26. The van der Waals surface area contributed by atoms with Crippen LogP contribution in [0.1, 0.15) is 34.8 Å². The van der Waals surface area contributed by atoms with Gasteiger partial charge in [0.25, 0.3) is 0 Å². The van der Waals surface area contributed by atoms with E-state index in [0.29, 0.717) is 11.4 Å².